The quantitative estimate of drug-likeness (QED) is 0.729. The highest BCUT2D eigenvalue weighted by Gasteiger charge is 2.15. The average molecular weight is 327 g/mol. The maximum absolute atomic E-state index is 12.1. The lowest BCUT2D eigenvalue weighted by molar-refractivity contribution is -0.127. The molecular formula is C18H17NO5. The lowest BCUT2D eigenvalue weighted by Crippen LogP contribution is -2.35. The molecule has 6 nitrogen and oxygen atoms in total. The number of hydrogen-bond acceptors (Lipinski definition) is 5. The predicted molar refractivity (Wildman–Crippen MR) is 87.9 cm³/mol. The van der Waals surface area contributed by atoms with Crippen molar-refractivity contribution in [2.75, 3.05) is 0 Å². The lowest BCUT2D eigenvalue weighted by atomic mass is 10.1. The van der Waals surface area contributed by atoms with Crippen LogP contribution in [0.1, 0.15) is 18.2 Å². The Morgan fingerprint density at radius 2 is 2.12 bits per heavy atom. The van der Waals surface area contributed by atoms with Crippen LogP contribution in [-0.2, 0) is 11.3 Å². The minimum Gasteiger partial charge on any atom is -0.481 e. The van der Waals surface area contributed by atoms with E-state index in [1.165, 1.54) is 6.07 Å². The van der Waals surface area contributed by atoms with E-state index in [0.29, 0.717) is 23.6 Å². The van der Waals surface area contributed by atoms with Crippen molar-refractivity contribution in [2.45, 2.75) is 26.5 Å². The number of aryl methyl sites for hydroxylation is 1. The van der Waals surface area contributed by atoms with Gasteiger partial charge in [0, 0.05) is 17.5 Å². The van der Waals surface area contributed by atoms with Crippen LogP contribution in [0.2, 0.25) is 0 Å². The number of amides is 1. The van der Waals surface area contributed by atoms with E-state index in [2.05, 4.69) is 5.32 Å². The van der Waals surface area contributed by atoms with Gasteiger partial charge in [-0.3, -0.25) is 4.79 Å². The lowest BCUT2D eigenvalue weighted by Gasteiger charge is -2.14. The highest BCUT2D eigenvalue weighted by atomic mass is 16.5. The summed E-state index contributed by atoms with van der Waals surface area (Å²) in [5, 5.41) is 3.56. The Labute approximate surface area is 138 Å². The molecular weight excluding hydrogens is 310 g/mol. The van der Waals surface area contributed by atoms with Crippen LogP contribution in [0.4, 0.5) is 0 Å². The number of ether oxygens (including phenoxy) is 1. The number of furan rings is 1. The van der Waals surface area contributed by atoms with Crippen LogP contribution in [0.3, 0.4) is 0 Å². The molecule has 0 aliphatic carbocycles. The Morgan fingerprint density at radius 3 is 2.88 bits per heavy atom. The van der Waals surface area contributed by atoms with Gasteiger partial charge in [-0.2, -0.15) is 0 Å². The fraction of sp³-hybridized carbons (Fsp3) is 0.222. The van der Waals surface area contributed by atoms with Crippen LogP contribution in [-0.4, -0.2) is 12.0 Å². The molecule has 0 saturated heterocycles. The molecule has 2 heterocycles. The van der Waals surface area contributed by atoms with Gasteiger partial charge in [0.2, 0.25) is 0 Å². The first-order valence-corrected chi connectivity index (χ1v) is 7.54. The molecule has 0 unspecified atom stereocenters. The van der Waals surface area contributed by atoms with Crippen LogP contribution in [0, 0.1) is 6.92 Å². The zero-order valence-electron chi connectivity index (χ0n) is 13.4. The molecule has 24 heavy (non-hydrogen) atoms. The fourth-order valence-corrected chi connectivity index (χ4v) is 2.37. The van der Waals surface area contributed by atoms with Gasteiger partial charge >= 0.3 is 5.63 Å². The molecule has 1 atom stereocenters. The number of nitrogens with one attached hydrogen (secondary N) is 1. The summed E-state index contributed by atoms with van der Waals surface area (Å²) in [6.45, 7) is 3.78. The largest absolute Gasteiger partial charge is 0.481 e. The highest BCUT2D eigenvalue weighted by Crippen LogP contribution is 2.23. The van der Waals surface area contributed by atoms with Crippen LogP contribution < -0.4 is 15.7 Å². The molecule has 1 amide bonds. The first-order chi connectivity index (χ1) is 11.5. The van der Waals surface area contributed by atoms with Crippen molar-refractivity contribution in [3.05, 3.63) is 64.4 Å². The van der Waals surface area contributed by atoms with Gasteiger partial charge in [0.25, 0.3) is 5.91 Å². The van der Waals surface area contributed by atoms with Gasteiger partial charge in [0.05, 0.1) is 12.8 Å². The predicted octanol–water partition coefficient (Wildman–Crippen LogP) is 2.78. The van der Waals surface area contributed by atoms with Crippen molar-refractivity contribution in [2.24, 2.45) is 0 Å². The monoisotopic (exact) mass is 327 g/mol. The molecule has 0 saturated carbocycles. The van der Waals surface area contributed by atoms with Crippen LogP contribution in [0.25, 0.3) is 11.0 Å². The van der Waals surface area contributed by atoms with Gasteiger partial charge < -0.3 is 18.9 Å². The van der Waals surface area contributed by atoms with E-state index >= 15 is 0 Å². The summed E-state index contributed by atoms with van der Waals surface area (Å²) in [5.41, 5.74) is 0.846. The number of carbonyl (C=O) groups excluding carboxylic acids is 1. The maximum atomic E-state index is 12.1. The zero-order chi connectivity index (χ0) is 17.1. The van der Waals surface area contributed by atoms with Crippen molar-refractivity contribution >= 4 is 16.9 Å². The Kier molecular flexibility index (Phi) is 4.37. The summed E-state index contributed by atoms with van der Waals surface area (Å²) in [5.74, 6) is 0.854. The molecule has 3 aromatic rings. The Bertz CT molecular complexity index is 911. The second-order valence-corrected chi connectivity index (χ2v) is 5.46. The summed E-state index contributed by atoms with van der Waals surface area (Å²) >= 11 is 0. The standard InChI is InChI=1S/C18H17NO5/c1-11-8-17(20)24-16-9-13(5-6-15(11)16)23-12(2)18(21)19-10-14-4-3-7-22-14/h3-9,12H,10H2,1-2H3,(H,19,21)/t12-/m1/s1. The van der Waals surface area contributed by atoms with E-state index < -0.39 is 11.7 Å². The Hall–Kier alpha value is -3.02. The highest BCUT2D eigenvalue weighted by molar-refractivity contribution is 5.82. The minimum atomic E-state index is -0.700. The molecule has 6 heteroatoms. The van der Waals surface area contributed by atoms with E-state index in [0.717, 1.165) is 10.9 Å². The summed E-state index contributed by atoms with van der Waals surface area (Å²) in [6.07, 6.45) is 0.848. The minimum absolute atomic E-state index is 0.266. The number of benzene rings is 1. The van der Waals surface area contributed by atoms with Gasteiger partial charge in [0.15, 0.2) is 6.10 Å². The van der Waals surface area contributed by atoms with E-state index in [-0.39, 0.29) is 5.91 Å². The van der Waals surface area contributed by atoms with Gasteiger partial charge in [-0.05, 0) is 43.7 Å². The summed E-state index contributed by atoms with van der Waals surface area (Å²) < 4.78 is 16.0. The molecule has 124 valence electrons. The van der Waals surface area contributed by atoms with E-state index in [1.54, 1.807) is 43.5 Å². The zero-order valence-corrected chi connectivity index (χ0v) is 13.4. The number of rotatable bonds is 5. The molecule has 0 fully saturated rings. The maximum Gasteiger partial charge on any atom is 0.336 e. The molecule has 3 rings (SSSR count). The topological polar surface area (TPSA) is 81.7 Å². The molecule has 1 aromatic carbocycles. The van der Waals surface area contributed by atoms with Crippen molar-refractivity contribution in [3.8, 4) is 5.75 Å². The van der Waals surface area contributed by atoms with Crippen molar-refractivity contribution < 1.29 is 18.4 Å². The van der Waals surface area contributed by atoms with Crippen LogP contribution >= 0.6 is 0 Å². The third-order valence-corrected chi connectivity index (χ3v) is 3.62. The molecule has 0 spiro atoms. The van der Waals surface area contributed by atoms with Crippen molar-refractivity contribution in [1.29, 1.82) is 0 Å². The number of carbonyl (C=O) groups is 1. The smallest absolute Gasteiger partial charge is 0.336 e. The normalized spacial score (nSPS) is 12.1. The van der Waals surface area contributed by atoms with E-state index in [4.69, 9.17) is 13.6 Å². The molecule has 1 N–H and O–H groups in total. The third-order valence-electron chi connectivity index (χ3n) is 3.62. The molecule has 0 bridgehead atoms. The second kappa shape index (κ2) is 6.62. The first-order valence-electron chi connectivity index (χ1n) is 7.54. The SMILES string of the molecule is Cc1cc(=O)oc2cc(O[C@H](C)C(=O)NCc3ccco3)ccc12. The summed E-state index contributed by atoms with van der Waals surface area (Å²) in [7, 11) is 0. The Balaban J connectivity index is 1.69. The molecule has 0 aliphatic rings. The van der Waals surface area contributed by atoms with E-state index in [9.17, 15) is 9.59 Å². The van der Waals surface area contributed by atoms with Gasteiger partial charge in [-0.25, -0.2) is 4.79 Å². The number of fused-ring (bicyclic) bond motifs is 1. The average Bonchev–Trinajstić information content (AvgIpc) is 3.05. The van der Waals surface area contributed by atoms with Gasteiger partial charge in [-0.1, -0.05) is 0 Å². The number of hydrogen-bond donors (Lipinski definition) is 1. The molecule has 0 aliphatic heterocycles. The first kappa shape index (κ1) is 15.9. The second-order valence-electron chi connectivity index (χ2n) is 5.46. The van der Waals surface area contributed by atoms with Crippen molar-refractivity contribution in [3.63, 3.8) is 0 Å². The Morgan fingerprint density at radius 1 is 1.29 bits per heavy atom. The fourth-order valence-electron chi connectivity index (χ4n) is 2.37. The van der Waals surface area contributed by atoms with Gasteiger partial charge in [-0.15, -0.1) is 0 Å². The molecule has 2 aromatic heterocycles. The summed E-state index contributed by atoms with van der Waals surface area (Å²) in [6, 6.07) is 10.1. The van der Waals surface area contributed by atoms with Crippen molar-refractivity contribution in [1.82, 2.24) is 5.32 Å². The van der Waals surface area contributed by atoms with Gasteiger partial charge in [0.1, 0.15) is 17.1 Å². The van der Waals surface area contributed by atoms with E-state index in [1.807, 2.05) is 6.92 Å². The molecule has 0 radical (unpaired) electrons. The third kappa shape index (κ3) is 3.48. The summed E-state index contributed by atoms with van der Waals surface area (Å²) in [4.78, 5) is 23.5. The van der Waals surface area contributed by atoms with Crippen LogP contribution in [0.15, 0.2) is 56.3 Å². The van der Waals surface area contributed by atoms with Crippen LogP contribution in [0.5, 0.6) is 5.75 Å².